The van der Waals surface area contributed by atoms with Gasteiger partial charge in [-0.3, -0.25) is 0 Å². The van der Waals surface area contributed by atoms with Crippen LogP contribution in [0.1, 0.15) is 12.5 Å². The summed E-state index contributed by atoms with van der Waals surface area (Å²) in [6.07, 6.45) is 1.76. The molecule has 0 fully saturated rings. The van der Waals surface area contributed by atoms with E-state index in [0.717, 1.165) is 30.2 Å². The Morgan fingerprint density at radius 1 is 1.60 bits per heavy atom. The van der Waals surface area contributed by atoms with Crippen molar-refractivity contribution in [3.05, 3.63) is 17.8 Å². The molecular formula is C11H19N3O. The van der Waals surface area contributed by atoms with Crippen LogP contribution in [0.5, 0.6) is 0 Å². The number of pyridine rings is 1. The van der Waals surface area contributed by atoms with Crippen LogP contribution in [-0.2, 0) is 4.74 Å². The van der Waals surface area contributed by atoms with Crippen molar-refractivity contribution in [3.8, 4) is 0 Å². The van der Waals surface area contributed by atoms with Crippen molar-refractivity contribution >= 4 is 11.5 Å². The summed E-state index contributed by atoms with van der Waals surface area (Å²) in [6, 6.07) is 1.90. The lowest BCUT2D eigenvalue weighted by molar-refractivity contribution is 0.164. The molecule has 0 aromatic carbocycles. The Hall–Kier alpha value is -1.29. The molecule has 0 saturated heterocycles. The molecule has 0 spiro atoms. The Kier molecular flexibility index (Phi) is 4.37. The van der Waals surface area contributed by atoms with Crippen LogP contribution < -0.4 is 11.1 Å². The third kappa shape index (κ3) is 3.40. The lowest BCUT2D eigenvalue weighted by Gasteiger charge is -2.13. The second-order valence-corrected chi connectivity index (χ2v) is 3.83. The monoisotopic (exact) mass is 209 g/mol. The number of nitrogens with one attached hydrogen (secondary N) is 1. The molecule has 15 heavy (non-hydrogen) atoms. The molecule has 1 rings (SSSR count). The molecule has 1 aromatic heterocycles. The molecule has 4 heteroatoms. The summed E-state index contributed by atoms with van der Waals surface area (Å²) >= 11 is 0. The topological polar surface area (TPSA) is 60.2 Å². The molecule has 0 radical (unpaired) electrons. The summed E-state index contributed by atoms with van der Waals surface area (Å²) in [5.74, 6) is 1.20. The molecule has 0 aliphatic carbocycles. The van der Waals surface area contributed by atoms with Gasteiger partial charge in [0, 0.05) is 19.9 Å². The van der Waals surface area contributed by atoms with Crippen LogP contribution in [0.3, 0.4) is 0 Å². The Balaban J connectivity index is 2.54. The average Bonchev–Trinajstić information content (AvgIpc) is 2.21. The van der Waals surface area contributed by atoms with Gasteiger partial charge < -0.3 is 15.8 Å². The van der Waals surface area contributed by atoms with Gasteiger partial charge in [0.2, 0.25) is 0 Å². The molecule has 4 nitrogen and oxygen atoms in total. The highest BCUT2D eigenvalue weighted by Crippen LogP contribution is 2.18. The van der Waals surface area contributed by atoms with Crippen molar-refractivity contribution < 1.29 is 4.74 Å². The highest BCUT2D eigenvalue weighted by molar-refractivity contribution is 5.64. The highest BCUT2D eigenvalue weighted by atomic mass is 16.5. The molecule has 1 aromatic rings. The van der Waals surface area contributed by atoms with Gasteiger partial charge in [0.05, 0.1) is 12.3 Å². The number of aromatic nitrogens is 1. The molecule has 0 aliphatic heterocycles. The lowest BCUT2D eigenvalue weighted by atomic mass is 10.2. The number of hydrogen-bond acceptors (Lipinski definition) is 4. The first-order valence-electron chi connectivity index (χ1n) is 5.09. The van der Waals surface area contributed by atoms with Crippen molar-refractivity contribution in [2.24, 2.45) is 5.92 Å². The molecule has 0 bridgehead atoms. The van der Waals surface area contributed by atoms with Gasteiger partial charge in [-0.05, 0) is 24.5 Å². The Morgan fingerprint density at radius 3 is 3.00 bits per heavy atom. The van der Waals surface area contributed by atoms with Gasteiger partial charge in [-0.25, -0.2) is 4.98 Å². The Labute approximate surface area is 90.8 Å². The van der Waals surface area contributed by atoms with Crippen LogP contribution in [0.4, 0.5) is 11.5 Å². The first kappa shape index (κ1) is 11.8. The van der Waals surface area contributed by atoms with Crippen LogP contribution in [0.25, 0.3) is 0 Å². The molecule has 0 aliphatic rings. The van der Waals surface area contributed by atoms with Gasteiger partial charge in [0.25, 0.3) is 0 Å². The number of hydrogen-bond donors (Lipinski definition) is 2. The van der Waals surface area contributed by atoms with E-state index >= 15 is 0 Å². The Bertz CT molecular complexity index is 315. The van der Waals surface area contributed by atoms with Crippen molar-refractivity contribution in [2.45, 2.75) is 13.8 Å². The molecule has 1 atom stereocenters. The molecule has 0 amide bonds. The van der Waals surface area contributed by atoms with E-state index in [-0.39, 0.29) is 0 Å². The quantitative estimate of drug-likeness (QED) is 0.774. The summed E-state index contributed by atoms with van der Waals surface area (Å²) < 4.78 is 5.05. The summed E-state index contributed by atoms with van der Waals surface area (Å²) in [6.45, 7) is 5.64. The van der Waals surface area contributed by atoms with E-state index in [2.05, 4.69) is 17.2 Å². The fourth-order valence-corrected chi connectivity index (χ4v) is 1.32. The largest absolute Gasteiger partial charge is 0.396 e. The number of nitrogen functional groups attached to an aromatic ring is 1. The third-order valence-corrected chi connectivity index (χ3v) is 2.28. The number of nitrogens with two attached hydrogens (primary N) is 1. The lowest BCUT2D eigenvalue weighted by Crippen LogP contribution is -2.17. The minimum absolute atomic E-state index is 0.441. The van der Waals surface area contributed by atoms with Gasteiger partial charge in [-0.2, -0.15) is 0 Å². The van der Waals surface area contributed by atoms with E-state index in [1.165, 1.54) is 0 Å². The molecular weight excluding hydrogens is 190 g/mol. The van der Waals surface area contributed by atoms with Crippen molar-refractivity contribution in [1.82, 2.24) is 4.98 Å². The van der Waals surface area contributed by atoms with Crippen molar-refractivity contribution in [3.63, 3.8) is 0 Å². The van der Waals surface area contributed by atoms with Gasteiger partial charge in [0.1, 0.15) is 5.82 Å². The summed E-state index contributed by atoms with van der Waals surface area (Å²) in [5.41, 5.74) is 7.66. The number of anilines is 2. The van der Waals surface area contributed by atoms with Crippen LogP contribution in [-0.4, -0.2) is 25.2 Å². The smallest absolute Gasteiger partial charge is 0.149 e. The molecule has 1 unspecified atom stereocenters. The minimum Gasteiger partial charge on any atom is -0.396 e. The first-order valence-corrected chi connectivity index (χ1v) is 5.09. The third-order valence-electron chi connectivity index (χ3n) is 2.28. The van der Waals surface area contributed by atoms with Gasteiger partial charge in [0.15, 0.2) is 0 Å². The number of aryl methyl sites for hydroxylation is 1. The number of ether oxygens (including phenoxy) is 1. The van der Waals surface area contributed by atoms with Crippen LogP contribution in [0.15, 0.2) is 12.3 Å². The molecule has 3 N–H and O–H groups in total. The van der Waals surface area contributed by atoms with Gasteiger partial charge in [-0.15, -0.1) is 0 Å². The zero-order valence-corrected chi connectivity index (χ0v) is 9.58. The maximum atomic E-state index is 5.89. The van der Waals surface area contributed by atoms with E-state index in [4.69, 9.17) is 10.5 Å². The first-order chi connectivity index (χ1) is 7.15. The zero-order chi connectivity index (χ0) is 11.3. The normalized spacial score (nSPS) is 12.5. The van der Waals surface area contributed by atoms with Gasteiger partial charge in [-0.1, -0.05) is 6.92 Å². The van der Waals surface area contributed by atoms with Gasteiger partial charge >= 0.3 is 0 Å². The number of methoxy groups -OCH3 is 1. The van der Waals surface area contributed by atoms with E-state index in [1.807, 2.05) is 13.0 Å². The summed E-state index contributed by atoms with van der Waals surface area (Å²) in [7, 11) is 1.70. The molecule has 1 heterocycles. The standard InChI is InChI=1S/C11H19N3O/c1-8(7-15-3)6-14-11-10(12)9(2)4-5-13-11/h4-5,8H,6-7,12H2,1-3H3,(H,13,14). The van der Waals surface area contributed by atoms with Crippen LogP contribution >= 0.6 is 0 Å². The predicted octanol–water partition coefficient (Wildman–Crippen LogP) is 1.67. The summed E-state index contributed by atoms with van der Waals surface area (Å²) in [5, 5.41) is 3.22. The van der Waals surface area contributed by atoms with E-state index in [0.29, 0.717) is 5.92 Å². The fraction of sp³-hybridized carbons (Fsp3) is 0.545. The highest BCUT2D eigenvalue weighted by Gasteiger charge is 2.05. The second kappa shape index (κ2) is 5.56. The number of nitrogens with zero attached hydrogens (tertiary/aromatic N) is 1. The predicted molar refractivity (Wildman–Crippen MR) is 62.9 cm³/mol. The van der Waals surface area contributed by atoms with E-state index in [1.54, 1.807) is 13.3 Å². The Morgan fingerprint density at radius 2 is 2.33 bits per heavy atom. The average molecular weight is 209 g/mol. The molecule has 84 valence electrons. The zero-order valence-electron chi connectivity index (χ0n) is 9.58. The molecule has 0 saturated carbocycles. The van der Waals surface area contributed by atoms with E-state index in [9.17, 15) is 0 Å². The number of rotatable bonds is 5. The van der Waals surface area contributed by atoms with Crippen LogP contribution in [0, 0.1) is 12.8 Å². The SMILES string of the molecule is COCC(C)CNc1nccc(C)c1N. The maximum Gasteiger partial charge on any atom is 0.149 e. The minimum atomic E-state index is 0.441. The van der Waals surface area contributed by atoms with Crippen molar-refractivity contribution in [1.29, 1.82) is 0 Å². The van der Waals surface area contributed by atoms with E-state index < -0.39 is 0 Å². The fourth-order valence-electron chi connectivity index (χ4n) is 1.32. The maximum absolute atomic E-state index is 5.89. The summed E-state index contributed by atoms with van der Waals surface area (Å²) in [4.78, 5) is 4.19. The van der Waals surface area contributed by atoms with Crippen molar-refractivity contribution in [2.75, 3.05) is 31.3 Å². The van der Waals surface area contributed by atoms with Crippen LogP contribution in [0.2, 0.25) is 0 Å². The second-order valence-electron chi connectivity index (χ2n) is 3.83.